The number of oxime groups is 2. The predicted molar refractivity (Wildman–Crippen MR) is 126 cm³/mol. The number of alkyl halides is 3. The van der Waals surface area contributed by atoms with Crippen molar-refractivity contribution in [1.82, 2.24) is 5.32 Å². The van der Waals surface area contributed by atoms with Crippen molar-refractivity contribution in [2.75, 3.05) is 0 Å². The highest BCUT2D eigenvalue weighted by Crippen LogP contribution is 2.50. The minimum Gasteiger partial charge on any atom is -0.374 e. The van der Waals surface area contributed by atoms with Crippen molar-refractivity contribution >= 4 is 68.1 Å². The van der Waals surface area contributed by atoms with Crippen LogP contribution in [0.3, 0.4) is 0 Å². The van der Waals surface area contributed by atoms with Crippen LogP contribution in [-0.4, -0.2) is 29.7 Å². The normalized spacial score (nSPS) is 22.1. The monoisotopic (exact) mass is 597 g/mol. The molecule has 2 aromatic carbocycles. The number of hydrogen-bond donors (Lipinski definition) is 1. The lowest BCUT2D eigenvalue weighted by atomic mass is 9.86. The fourth-order valence-electron chi connectivity index (χ4n) is 3.52. The van der Waals surface area contributed by atoms with Gasteiger partial charge in [-0.05, 0) is 47.1 Å². The van der Waals surface area contributed by atoms with Crippen molar-refractivity contribution in [3.8, 4) is 0 Å². The summed E-state index contributed by atoms with van der Waals surface area (Å²) >= 11 is 21.1. The van der Waals surface area contributed by atoms with E-state index in [0.29, 0.717) is 16.5 Å². The van der Waals surface area contributed by atoms with Gasteiger partial charge in [-0.15, -0.1) is 0 Å². The van der Waals surface area contributed by atoms with Gasteiger partial charge < -0.3 is 15.0 Å². The molecule has 2 atom stereocenters. The zero-order chi connectivity index (χ0) is 24.8. The first-order valence-corrected chi connectivity index (χ1v) is 11.6. The highest BCUT2D eigenvalue weighted by atomic mass is 79.9. The summed E-state index contributed by atoms with van der Waals surface area (Å²) in [7, 11) is 0. The molecule has 1 amide bonds. The van der Waals surface area contributed by atoms with Gasteiger partial charge in [-0.3, -0.25) is 4.79 Å². The second-order valence-corrected chi connectivity index (χ2v) is 9.72. The zero-order valence-electron chi connectivity index (χ0n) is 17.1. The van der Waals surface area contributed by atoms with E-state index in [4.69, 9.17) is 44.5 Å². The molecule has 0 aromatic heterocycles. The molecular weight excluding hydrogens is 586 g/mol. The molecule has 2 heterocycles. The molecule has 4 rings (SSSR count). The van der Waals surface area contributed by atoms with E-state index in [1.807, 2.05) is 0 Å². The van der Waals surface area contributed by atoms with E-state index in [1.54, 1.807) is 6.92 Å². The Bertz CT molecular complexity index is 1220. The Hall–Kier alpha value is -2.01. The van der Waals surface area contributed by atoms with Crippen LogP contribution in [-0.2, 0) is 15.3 Å². The average Bonchev–Trinajstić information content (AvgIpc) is 3.38. The molecule has 1 N–H and O–H groups in total. The molecule has 0 aliphatic carbocycles. The molecule has 2 aromatic rings. The molecule has 0 bridgehead atoms. The third kappa shape index (κ3) is 4.60. The third-order valence-corrected chi connectivity index (χ3v) is 7.14. The first-order valence-electron chi connectivity index (χ1n) is 9.68. The SMILES string of the molecule is CC1=NOC(NC(=O)c2ccc(C3=NO[C@@](c4cc(Cl)c(Cl)c(Cl)c4)(C(F)(F)F)C3)cc2Br)C1. The fraction of sp³-hybridized carbons (Fsp3) is 0.286. The molecule has 0 spiro atoms. The summed E-state index contributed by atoms with van der Waals surface area (Å²) in [4.78, 5) is 22.7. The van der Waals surface area contributed by atoms with Crippen LogP contribution >= 0.6 is 50.7 Å². The number of nitrogens with zero attached hydrogens (tertiary/aromatic N) is 2. The minimum atomic E-state index is -4.85. The Labute approximate surface area is 215 Å². The number of rotatable bonds is 4. The molecule has 0 saturated carbocycles. The molecule has 2 aliphatic rings. The van der Waals surface area contributed by atoms with Crippen molar-refractivity contribution in [2.45, 2.75) is 37.8 Å². The van der Waals surface area contributed by atoms with Gasteiger partial charge >= 0.3 is 6.18 Å². The number of amides is 1. The number of halogens is 7. The van der Waals surface area contributed by atoms with E-state index < -0.39 is 30.3 Å². The summed E-state index contributed by atoms with van der Waals surface area (Å²) in [6, 6.07) is 6.54. The average molecular weight is 600 g/mol. The van der Waals surface area contributed by atoms with Crippen molar-refractivity contribution in [3.63, 3.8) is 0 Å². The van der Waals surface area contributed by atoms with Crippen LogP contribution in [0.25, 0.3) is 0 Å². The van der Waals surface area contributed by atoms with Gasteiger partial charge in [-0.2, -0.15) is 13.2 Å². The number of nitrogens with one attached hydrogen (secondary N) is 1. The largest absolute Gasteiger partial charge is 0.435 e. The van der Waals surface area contributed by atoms with E-state index in [-0.39, 0.29) is 31.9 Å². The highest BCUT2D eigenvalue weighted by Gasteiger charge is 2.62. The summed E-state index contributed by atoms with van der Waals surface area (Å²) < 4.78 is 43.0. The van der Waals surface area contributed by atoms with Crippen molar-refractivity contribution in [3.05, 3.63) is 66.6 Å². The summed E-state index contributed by atoms with van der Waals surface area (Å²) in [5, 5.41) is 9.81. The van der Waals surface area contributed by atoms with Gasteiger partial charge in [0, 0.05) is 28.4 Å². The van der Waals surface area contributed by atoms with E-state index in [9.17, 15) is 18.0 Å². The Kier molecular flexibility index (Phi) is 6.80. The van der Waals surface area contributed by atoms with Gasteiger partial charge in [0.15, 0.2) is 0 Å². The lowest BCUT2D eigenvalue weighted by Gasteiger charge is -2.30. The molecule has 0 fully saturated rings. The van der Waals surface area contributed by atoms with Gasteiger partial charge in [0.1, 0.15) is 0 Å². The van der Waals surface area contributed by atoms with Crippen molar-refractivity contribution in [1.29, 1.82) is 0 Å². The third-order valence-electron chi connectivity index (χ3n) is 5.29. The van der Waals surface area contributed by atoms with E-state index >= 15 is 0 Å². The molecule has 6 nitrogen and oxygen atoms in total. The fourth-order valence-corrected chi connectivity index (χ4v) is 4.68. The van der Waals surface area contributed by atoms with Gasteiger partial charge in [-0.1, -0.05) is 51.2 Å². The topological polar surface area (TPSA) is 72.3 Å². The maximum absolute atomic E-state index is 14.2. The van der Waals surface area contributed by atoms with Crippen LogP contribution in [0.2, 0.25) is 15.1 Å². The van der Waals surface area contributed by atoms with Crippen LogP contribution in [0.4, 0.5) is 13.2 Å². The Balaban J connectivity index is 1.59. The van der Waals surface area contributed by atoms with Crippen LogP contribution in [0.5, 0.6) is 0 Å². The first-order chi connectivity index (χ1) is 15.9. The van der Waals surface area contributed by atoms with Crippen LogP contribution < -0.4 is 5.32 Å². The highest BCUT2D eigenvalue weighted by molar-refractivity contribution is 9.10. The number of hydrogen-bond acceptors (Lipinski definition) is 5. The molecular formula is C21H14BrCl3F3N3O3. The quantitative estimate of drug-likeness (QED) is 0.391. The standard InChI is InChI=1S/C21H14BrCl3F3N3O3/c1-9-4-17(33-30-9)29-19(32)12-3-2-10(5-13(12)22)16-8-20(34-31-16,21(26,27)28)11-6-14(23)18(25)15(24)7-11/h2-3,5-7,17H,4,8H2,1H3,(H,29,32)/t17?,20-/m0/s1. The molecule has 0 saturated heterocycles. The maximum atomic E-state index is 14.2. The Morgan fingerprint density at radius 3 is 2.41 bits per heavy atom. The van der Waals surface area contributed by atoms with Gasteiger partial charge in [0.25, 0.3) is 11.5 Å². The Morgan fingerprint density at radius 1 is 1.18 bits per heavy atom. The second kappa shape index (κ2) is 9.22. The maximum Gasteiger partial charge on any atom is 0.435 e. The second-order valence-electron chi connectivity index (χ2n) is 7.68. The summed E-state index contributed by atoms with van der Waals surface area (Å²) in [5.41, 5.74) is -1.78. The van der Waals surface area contributed by atoms with Crippen LogP contribution in [0.15, 0.2) is 45.1 Å². The summed E-state index contributed by atoms with van der Waals surface area (Å²) in [5.74, 6) is -0.437. The van der Waals surface area contributed by atoms with Crippen LogP contribution in [0, 0.1) is 0 Å². The van der Waals surface area contributed by atoms with Gasteiger partial charge in [0.05, 0.1) is 32.1 Å². The molecule has 34 heavy (non-hydrogen) atoms. The lowest BCUT2D eigenvalue weighted by Crippen LogP contribution is -2.42. The molecule has 180 valence electrons. The molecule has 0 radical (unpaired) electrons. The van der Waals surface area contributed by atoms with Crippen molar-refractivity contribution in [2.24, 2.45) is 10.3 Å². The smallest absolute Gasteiger partial charge is 0.374 e. The lowest BCUT2D eigenvalue weighted by molar-refractivity contribution is -0.275. The number of carbonyl (C=O) groups is 1. The predicted octanol–water partition coefficient (Wildman–Crippen LogP) is 6.84. The van der Waals surface area contributed by atoms with Crippen molar-refractivity contribution < 1.29 is 27.6 Å². The molecule has 13 heteroatoms. The Morgan fingerprint density at radius 2 is 1.85 bits per heavy atom. The minimum absolute atomic E-state index is 0.0235. The summed E-state index contributed by atoms with van der Waals surface area (Å²) in [6.07, 6.45) is -5.63. The van der Waals surface area contributed by atoms with Crippen LogP contribution in [0.1, 0.15) is 41.3 Å². The van der Waals surface area contributed by atoms with E-state index in [0.717, 1.165) is 17.8 Å². The molecule has 1 unspecified atom stereocenters. The number of carbonyl (C=O) groups excluding carboxylic acids is 1. The molecule has 2 aliphatic heterocycles. The first kappa shape index (κ1) is 25.1. The number of benzene rings is 2. The van der Waals surface area contributed by atoms with Gasteiger partial charge in [-0.25, -0.2) is 0 Å². The summed E-state index contributed by atoms with van der Waals surface area (Å²) in [6.45, 7) is 1.77. The zero-order valence-corrected chi connectivity index (χ0v) is 21.0. The van der Waals surface area contributed by atoms with E-state index in [1.165, 1.54) is 18.2 Å². The van der Waals surface area contributed by atoms with E-state index in [2.05, 4.69) is 31.6 Å². The van der Waals surface area contributed by atoms with Gasteiger partial charge in [0.2, 0.25) is 6.23 Å².